The molecule has 0 aliphatic rings. The normalized spacial score (nSPS) is 11.6. The number of nitrogens with one attached hydrogen (secondary N) is 2. The Morgan fingerprint density at radius 1 is 0.926 bits per heavy atom. The lowest BCUT2D eigenvalue weighted by Crippen LogP contribution is -2.48. The van der Waals surface area contributed by atoms with E-state index in [-0.39, 0.29) is 6.61 Å². The molecular formula is C20H23FN2O4. The molecule has 0 radical (unpaired) electrons. The fourth-order valence-electron chi connectivity index (χ4n) is 2.14. The Hall–Kier alpha value is -3.09. The third kappa shape index (κ3) is 6.62. The van der Waals surface area contributed by atoms with Crippen LogP contribution >= 0.6 is 0 Å². The van der Waals surface area contributed by atoms with E-state index < -0.39 is 23.7 Å². The second kappa shape index (κ2) is 9.56. The Morgan fingerprint density at radius 3 is 2.11 bits per heavy atom. The first kappa shape index (κ1) is 20.2. The Labute approximate surface area is 157 Å². The molecule has 1 unspecified atom stereocenters. The van der Waals surface area contributed by atoms with Gasteiger partial charge in [-0.25, -0.2) is 4.39 Å². The van der Waals surface area contributed by atoms with Crippen molar-refractivity contribution in [3.05, 3.63) is 59.9 Å². The van der Waals surface area contributed by atoms with Crippen molar-refractivity contribution < 1.29 is 23.5 Å². The summed E-state index contributed by atoms with van der Waals surface area (Å²) >= 11 is 0. The first-order valence-electron chi connectivity index (χ1n) is 8.59. The van der Waals surface area contributed by atoms with Crippen molar-refractivity contribution in [3.8, 4) is 11.5 Å². The molecule has 2 aromatic carbocycles. The fourth-order valence-corrected chi connectivity index (χ4v) is 2.14. The first-order valence-corrected chi connectivity index (χ1v) is 8.59. The largest absolute Gasteiger partial charge is 0.484 e. The minimum Gasteiger partial charge on any atom is -0.484 e. The fraction of sp³-hybridized carbons (Fsp3) is 0.300. The molecule has 144 valence electrons. The molecule has 2 aromatic rings. The van der Waals surface area contributed by atoms with Gasteiger partial charge in [-0.15, -0.1) is 0 Å². The highest BCUT2D eigenvalue weighted by molar-refractivity contribution is 5.85. The molecular weight excluding hydrogens is 351 g/mol. The lowest BCUT2D eigenvalue weighted by molar-refractivity contribution is -0.133. The SMILES string of the molecule is CC(Oc1ccc(F)cc1)C(=O)NNC(=O)COc1ccc(C(C)C)cc1. The Kier molecular flexibility index (Phi) is 7.16. The number of carbonyl (C=O) groups excluding carboxylic acids is 2. The van der Waals surface area contributed by atoms with Crippen molar-refractivity contribution in [2.24, 2.45) is 0 Å². The van der Waals surface area contributed by atoms with Gasteiger partial charge in [0.2, 0.25) is 0 Å². The van der Waals surface area contributed by atoms with Crippen LogP contribution in [0.1, 0.15) is 32.3 Å². The number of halogens is 1. The topological polar surface area (TPSA) is 76.7 Å². The van der Waals surface area contributed by atoms with Crippen LogP contribution in [0.3, 0.4) is 0 Å². The molecule has 0 fully saturated rings. The average molecular weight is 374 g/mol. The first-order chi connectivity index (χ1) is 12.8. The Balaban J connectivity index is 1.72. The van der Waals surface area contributed by atoms with Gasteiger partial charge in [-0.2, -0.15) is 0 Å². The number of benzene rings is 2. The molecule has 0 heterocycles. The summed E-state index contributed by atoms with van der Waals surface area (Å²) in [6, 6.07) is 12.7. The van der Waals surface area contributed by atoms with Gasteiger partial charge in [0.15, 0.2) is 12.7 Å². The minimum absolute atomic E-state index is 0.242. The van der Waals surface area contributed by atoms with Crippen LogP contribution in [0.15, 0.2) is 48.5 Å². The Morgan fingerprint density at radius 2 is 1.52 bits per heavy atom. The van der Waals surface area contributed by atoms with Crippen LogP contribution in [0, 0.1) is 5.82 Å². The highest BCUT2D eigenvalue weighted by atomic mass is 19.1. The van der Waals surface area contributed by atoms with Crippen molar-refractivity contribution >= 4 is 11.8 Å². The second-order valence-electron chi connectivity index (χ2n) is 6.26. The molecule has 0 saturated carbocycles. The maximum atomic E-state index is 12.8. The lowest BCUT2D eigenvalue weighted by atomic mass is 10.0. The van der Waals surface area contributed by atoms with E-state index >= 15 is 0 Å². The standard InChI is InChI=1S/C20H23FN2O4/c1-13(2)15-4-8-17(9-5-15)26-12-19(24)22-23-20(25)14(3)27-18-10-6-16(21)7-11-18/h4-11,13-14H,12H2,1-3H3,(H,22,24)(H,23,25). The zero-order valence-electron chi connectivity index (χ0n) is 15.5. The van der Waals surface area contributed by atoms with E-state index in [0.717, 1.165) is 0 Å². The van der Waals surface area contributed by atoms with E-state index in [1.165, 1.54) is 36.8 Å². The maximum absolute atomic E-state index is 12.8. The Bertz CT molecular complexity index is 761. The highest BCUT2D eigenvalue weighted by Crippen LogP contribution is 2.18. The predicted octanol–water partition coefficient (Wildman–Crippen LogP) is 2.94. The predicted molar refractivity (Wildman–Crippen MR) is 98.8 cm³/mol. The number of amides is 2. The molecule has 0 spiro atoms. The summed E-state index contributed by atoms with van der Waals surface area (Å²) in [4.78, 5) is 23.7. The molecule has 0 aliphatic carbocycles. The van der Waals surface area contributed by atoms with E-state index in [2.05, 4.69) is 24.7 Å². The summed E-state index contributed by atoms with van der Waals surface area (Å²) < 4.78 is 23.6. The quantitative estimate of drug-likeness (QED) is 0.731. The monoisotopic (exact) mass is 374 g/mol. The van der Waals surface area contributed by atoms with Gasteiger partial charge in [-0.05, 0) is 54.8 Å². The molecule has 7 heteroatoms. The summed E-state index contributed by atoms with van der Waals surface area (Å²) in [5, 5.41) is 0. The van der Waals surface area contributed by atoms with Crippen LogP contribution in [0.25, 0.3) is 0 Å². The van der Waals surface area contributed by atoms with Gasteiger partial charge in [0.25, 0.3) is 11.8 Å². The molecule has 0 saturated heterocycles. The van der Waals surface area contributed by atoms with Crippen LogP contribution in [0.4, 0.5) is 4.39 Å². The molecule has 0 aromatic heterocycles. The highest BCUT2D eigenvalue weighted by Gasteiger charge is 2.15. The van der Waals surface area contributed by atoms with Crippen LogP contribution in [-0.2, 0) is 9.59 Å². The molecule has 2 N–H and O–H groups in total. The minimum atomic E-state index is -0.875. The van der Waals surface area contributed by atoms with E-state index in [1.54, 1.807) is 12.1 Å². The van der Waals surface area contributed by atoms with Gasteiger partial charge in [-0.3, -0.25) is 20.4 Å². The van der Waals surface area contributed by atoms with E-state index in [4.69, 9.17) is 9.47 Å². The number of ether oxygens (including phenoxy) is 2. The summed E-state index contributed by atoms with van der Waals surface area (Å²) in [5.41, 5.74) is 5.69. The summed E-state index contributed by atoms with van der Waals surface area (Å²) in [6.07, 6.45) is -0.875. The zero-order chi connectivity index (χ0) is 19.8. The van der Waals surface area contributed by atoms with Crippen molar-refractivity contribution in [1.29, 1.82) is 0 Å². The number of hydrogen-bond donors (Lipinski definition) is 2. The van der Waals surface area contributed by atoms with Crippen molar-refractivity contribution in [1.82, 2.24) is 10.9 Å². The molecule has 0 bridgehead atoms. The molecule has 0 aliphatic heterocycles. The second-order valence-corrected chi connectivity index (χ2v) is 6.26. The summed E-state index contributed by atoms with van der Waals surface area (Å²) in [7, 11) is 0. The average Bonchev–Trinajstić information content (AvgIpc) is 2.66. The van der Waals surface area contributed by atoms with Crippen LogP contribution in [-0.4, -0.2) is 24.5 Å². The van der Waals surface area contributed by atoms with Crippen LogP contribution < -0.4 is 20.3 Å². The zero-order valence-corrected chi connectivity index (χ0v) is 15.5. The van der Waals surface area contributed by atoms with Crippen molar-refractivity contribution in [2.45, 2.75) is 32.8 Å². The van der Waals surface area contributed by atoms with Gasteiger partial charge in [0.05, 0.1) is 0 Å². The van der Waals surface area contributed by atoms with Crippen molar-refractivity contribution in [2.75, 3.05) is 6.61 Å². The molecule has 2 rings (SSSR count). The maximum Gasteiger partial charge on any atom is 0.279 e. The van der Waals surface area contributed by atoms with Crippen LogP contribution in [0.2, 0.25) is 0 Å². The number of hydrazine groups is 1. The third-order valence-corrected chi connectivity index (χ3v) is 3.74. The molecule has 1 atom stereocenters. The van der Waals surface area contributed by atoms with Gasteiger partial charge >= 0.3 is 0 Å². The van der Waals surface area contributed by atoms with Gasteiger partial charge in [-0.1, -0.05) is 26.0 Å². The molecule has 2 amide bonds. The smallest absolute Gasteiger partial charge is 0.279 e. The summed E-state index contributed by atoms with van der Waals surface area (Å²) in [6.45, 7) is 5.45. The van der Waals surface area contributed by atoms with E-state index in [0.29, 0.717) is 17.4 Å². The van der Waals surface area contributed by atoms with Gasteiger partial charge < -0.3 is 9.47 Å². The number of hydrogen-bond acceptors (Lipinski definition) is 4. The van der Waals surface area contributed by atoms with Crippen molar-refractivity contribution in [3.63, 3.8) is 0 Å². The number of carbonyl (C=O) groups is 2. The third-order valence-electron chi connectivity index (χ3n) is 3.74. The van der Waals surface area contributed by atoms with E-state index in [9.17, 15) is 14.0 Å². The van der Waals surface area contributed by atoms with Gasteiger partial charge in [0, 0.05) is 0 Å². The lowest BCUT2D eigenvalue weighted by Gasteiger charge is -2.15. The van der Waals surface area contributed by atoms with E-state index in [1.807, 2.05) is 12.1 Å². The summed E-state index contributed by atoms with van der Waals surface area (Å²) in [5.74, 6) is -0.131. The molecule has 27 heavy (non-hydrogen) atoms. The van der Waals surface area contributed by atoms with Gasteiger partial charge in [0.1, 0.15) is 17.3 Å². The number of rotatable bonds is 7. The molecule has 6 nitrogen and oxygen atoms in total. The van der Waals surface area contributed by atoms with Crippen LogP contribution in [0.5, 0.6) is 11.5 Å².